The fraction of sp³-hybridized carbons (Fsp3) is 0.273. The predicted molar refractivity (Wildman–Crippen MR) is 62.0 cm³/mol. The van der Waals surface area contributed by atoms with Crippen molar-refractivity contribution in [3.63, 3.8) is 0 Å². The molecule has 2 atom stereocenters. The summed E-state index contributed by atoms with van der Waals surface area (Å²) in [6.45, 7) is 0. The van der Waals surface area contributed by atoms with E-state index in [9.17, 15) is 14.0 Å². The molecule has 0 aromatic heterocycles. The van der Waals surface area contributed by atoms with Gasteiger partial charge in [0.15, 0.2) is 0 Å². The monoisotopic (exact) mass is 301 g/mol. The Morgan fingerprint density at radius 1 is 1.41 bits per heavy atom. The van der Waals surface area contributed by atoms with Crippen LogP contribution in [-0.4, -0.2) is 17.0 Å². The number of nitrogens with one attached hydrogen (secondary N) is 1. The average molecular weight is 302 g/mol. The van der Waals surface area contributed by atoms with Gasteiger partial charge in [0.25, 0.3) is 0 Å². The molecule has 1 aliphatic rings. The van der Waals surface area contributed by atoms with Crippen LogP contribution in [0.4, 0.5) is 10.1 Å². The Hall–Kier alpha value is -1.43. The molecule has 1 saturated carbocycles. The Morgan fingerprint density at radius 3 is 2.65 bits per heavy atom. The maximum absolute atomic E-state index is 12.8. The van der Waals surface area contributed by atoms with E-state index in [1.54, 1.807) is 0 Å². The fourth-order valence-corrected chi connectivity index (χ4v) is 2.02. The number of amides is 1. The van der Waals surface area contributed by atoms with Gasteiger partial charge < -0.3 is 10.4 Å². The molecule has 1 aromatic rings. The minimum absolute atomic E-state index is 0.343. The third-order valence-electron chi connectivity index (χ3n) is 2.63. The van der Waals surface area contributed by atoms with E-state index in [4.69, 9.17) is 5.11 Å². The summed E-state index contributed by atoms with van der Waals surface area (Å²) in [6, 6.07) is 3.88. The highest BCUT2D eigenvalue weighted by atomic mass is 79.9. The number of carbonyl (C=O) groups is 2. The van der Waals surface area contributed by atoms with Gasteiger partial charge in [0.1, 0.15) is 5.82 Å². The molecular weight excluding hydrogens is 293 g/mol. The number of carbonyl (C=O) groups excluding carboxylic acids is 1. The van der Waals surface area contributed by atoms with Gasteiger partial charge in [-0.05, 0) is 40.5 Å². The Kier molecular flexibility index (Phi) is 3.15. The quantitative estimate of drug-likeness (QED) is 0.900. The first-order valence-corrected chi connectivity index (χ1v) is 5.77. The van der Waals surface area contributed by atoms with E-state index >= 15 is 0 Å². The fourth-order valence-electron chi connectivity index (χ4n) is 1.57. The zero-order valence-electron chi connectivity index (χ0n) is 8.61. The minimum Gasteiger partial charge on any atom is -0.481 e. The van der Waals surface area contributed by atoms with Crippen LogP contribution in [0.3, 0.4) is 0 Å². The molecule has 0 aliphatic heterocycles. The molecular formula is C11H9BrFNO3. The van der Waals surface area contributed by atoms with Crippen molar-refractivity contribution in [2.24, 2.45) is 11.8 Å². The van der Waals surface area contributed by atoms with Crippen molar-refractivity contribution in [2.45, 2.75) is 6.42 Å². The second-order valence-corrected chi connectivity index (χ2v) is 4.75. The number of carboxylic acids is 1. The first-order chi connectivity index (χ1) is 7.99. The highest BCUT2D eigenvalue weighted by Gasteiger charge is 2.48. The lowest BCUT2D eigenvalue weighted by Crippen LogP contribution is -2.17. The first-order valence-electron chi connectivity index (χ1n) is 4.98. The third-order valence-corrected chi connectivity index (χ3v) is 3.29. The Labute approximate surface area is 105 Å². The summed E-state index contributed by atoms with van der Waals surface area (Å²) in [7, 11) is 0. The van der Waals surface area contributed by atoms with E-state index in [1.807, 2.05) is 0 Å². The molecule has 17 heavy (non-hydrogen) atoms. The molecule has 1 aromatic carbocycles. The molecule has 0 saturated heterocycles. The zero-order valence-corrected chi connectivity index (χ0v) is 10.2. The number of anilines is 1. The van der Waals surface area contributed by atoms with Gasteiger partial charge in [-0.3, -0.25) is 9.59 Å². The van der Waals surface area contributed by atoms with Crippen LogP contribution in [0.5, 0.6) is 0 Å². The molecule has 6 heteroatoms. The van der Waals surface area contributed by atoms with Crippen molar-refractivity contribution < 1.29 is 19.1 Å². The summed E-state index contributed by atoms with van der Waals surface area (Å²) in [6.07, 6.45) is 0.361. The summed E-state index contributed by atoms with van der Waals surface area (Å²) in [4.78, 5) is 22.2. The molecule has 4 nitrogen and oxygen atoms in total. The summed E-state index contributed by atoms with van der Waals surface area (Å²) < 4.78 is 13.2. The molecule has 0 radical (unpaired) electrons. The van der Waals surface area contributed by atoms with Crippen LogP contribution in [0.2, 0.25) is 0 Å². The minimum atomic E-state index is -0.955. The normalized spacial score (nSPS) is 22.0. The van der Waals surface area contributed by atoms with Crippen LogP contribution < -0.4 is 5.32 Å². The molecule has 1 amide bonds. The average Bonchev–Trinajstić information content (AvgIpc) is 3.01. The van der Waals surface area contributed by atoms with Gasteiger partial charge in [-0.2, -0.15) is 0 Å². The van der Waals surface area contributed by atoms with Gasteiger partial charge in [0.05, 0.1) is 17.5 Å². The number of hydrogen-bond acceptors (Lipinski definition) is 2. The maximum atomic E-state index is 12.8. The van der Waals surface area contributed by atoms with E-state index in [-0.39, 0.29) is 5.91 Å². The molecule has 0 bridgehead atoms. The van der Waals surface area contributed by atoms with Crippen LogP contribution in [0.25, 0.3) is 0 Å². The second-order valence-electron chi connectivity index (χ2n) is 3.90. The lowest BCUT2D eigenvalue weighted by atomic mass is 10.2. The standard InChI is InChI=1S/C11H9BrFNO3/c12-8-3-5(13)1-2-9(8)14-10(15)6-4-7(6)11(16)17/h1-3,6-7H,4H2,(H,14,15)(H,16,17)/t6-,7-/m0/s1. The molecule has 90 valence electrons. The molecule has 2 N–H and O–H groups in total. The van der Waals surface area contributed by atoms with E-state index in [0.717, 1.165) is 0 Å². The molecule has 1 aliphatic carbocycles. The van der Waals surface area contributed by atoms with E-state index in [1.165, 1.54) is 18.2 Å². The van der Waals surface area contributed by atoms with Crippen LogP contribution in [0, 0.1) is 17.7 Å². The van der Waals surface area contributed by atoms with Crippen LogP contribution in [0.15, 0.2) is 22.7 Å². The highest BCUT2D eigenvalue weighted by Crippen LogP contribution is 2.39. The van der Waals surface area contributed by atoms with Crippen molar-refractivity contribution >= 4 is 33.5 Å². The Bertz CT molecular complexity index is 492. The summed E-state index contributed by atoms with van der Waals surface area (Å²) in [5, 5.41) is 11.3. The van der Waals surface area contributed by atoms with Crippen LogP contribution >= 0.6 is 15.9 Å². The SMILES string of the molecule is O=C(O)[C@H]1C[C@@H]1C(=O)Nc1ccc(F)cc1Br. The van der Waals surface area contributed by atoms with Gasteiger partial charge in [-0.25, -0.2) is 4.39 Å². The van der Waals surface area contributed by atoms with Crippen LogP contribution in [-0.2, 0) is 9.59 Å². The molecule has 2 rings (SSSR count). The molecule has 0 heterocycles. The van der Waals surface area contributed by atoms with Gasteiger partial charge in [0, 0.05) is 4.47 Å². The predicted octanol–water partition coefficient (Wildman–Crippen LogP) is 2.25. The number of benzene rings is 1. The topological polar surface area (TPSA) is 66.4 Å². The number of rotatable bonds is 3. The van der Waals surface area contributed by atoms with Gasteiger partial charge >= 0.3 is 5.97 Å². The van der Waals surface area contributed by atoms with Crippen molar-refractivity contribution in [1.82, 2.24) is 0 Å². The lowest BCUT2D eigenvalue weighted by Gasteiger charge is -2.06. The molecule has 0 spiro atoms. The van der Waals surface area contributed by atoms with Crippen molar-refractivity contribution in [3.8, 4) is 0 Å². The highest BCUT2D eigenvalue weighted by molar-refractivity contribution is 9.10. The summed E-state index contributed by atoms with van der Waals surface area (Å²) >= 11 is 3.12. The summed E-state index contributed by atoms with van der Waals surface area (Å²) in [5.41, 5.74) is 0.437. The molecule has 0 unspecified atom stereocenters. The maximum Gasteiger partial charge on any atom is 0.307 e. The van der Waals surface area contributed by atoms with E-state index < -0.39 is 23.6 Å². The van der Waals surface area contributed by atoms with E-state index in [0.29, 0.717) is 16.6 Å². The number of carboxylic acid groups (broad SMARTS) is 1. The largest absolute Gasteiger partial charge is 0.481 e. The Balaban J connectivity index is 2.02. The van der Waals surface area contributed by atoms with Crippen LogP contribution in [0.1, 0.15) is 6.42 Å². The smallest absolute Gasteiger partial charge is 0.307 e. The number of aliphatic carboxylic acids is 1. The zero-order chi connectivity index (χ0) is 12.6. The number of hydrogen-bond donors (Lipinski definition) is 2. The second kappa shape index (κ2) is 4.44. The van der Waals surface area contributed by atoms with Crippen molar-refractivity contribution in [2.75, 3.05) is 5.32 Å². The van der Waals surface area contributed by atoms with Gasteiger partial charge in [0.2, 0.25) is 5.91 Å². The molecule has 1 fully saturated rings. The van der Waals surface area contributed by atoms with Gasteiger partial charge in [-0.1, -0.05) is 0 Å². The first kappa shape index (κ1) is 12.0. The number of halogens is 2. The van der Waals surface area contributed by atoms with Crippen molar-refractivity contribution in [1.29, 1.82) is 0 Å². The summed E-state index contributed by atoms with van der Waals surface area (Å²) in [5.74, 6) is -2.78. The Morgan fingerprint density at radius 2 is 2.12 bits per heavy atom. The lowest BCUT2D eigenvalue weighted by molar-refractivity contribution is -0.139. The third kappa shape index (κ3) is 2.63. The van der Waals surface area contributed by atoms with Gasteiger partial charge in [-0.15, -0.1) is 0 Å². The van der Waals surface area contributed by atoms with Crippen molar-refractivity contribution in [3.05, 3.63) is 28.5 Å². The van der Waals surface area contributed by atoms with E-state index in [2.05, 4.69) is 21.2 Å².